The number of aryl methyl sites for hydroxylation is 1. The normalized spacial score (nSPS) is 21.0. The Morgan fingerprint density at radius 3 is 2.69 bits per heavy atom. The number of hydrogen-bond donors (Lipinski definition) is 1. The molecule has 1 aliphatic rings. The van der Waals surface area contributed by atoms with Crippen LogP contribution in [-0.4, -0.2) is 44.2 Å². The number of piperidine rings is 1. The van der Waals surface area contributed by atoms with Crippen LogP contribution in [0.3, 0.4) is 0 Å². The van der Waals surface area contributed by atoms with E-state index in [1.165, 1.54) is 10.4 Å². The molecule has 0 unspecified atom stereocenters. The second-order valence-electron chi connectivity index (χ2n) is 6.80. The summed E-state index contributed by atoms with van der Waals surface area (Å²) >= 11 is 1.76. The second kappa shape index (κ2) is 7.61. The SMILES string of the molecule is Cc1ccsc1[C@@H]1CCN(Cc2cnc(-c3ccccn3)nc2)C[C@H]1O. The van der Waals surface area contributed by atoms with Crippen molar-refractivity contribution < 1.29 is 5.11 Å². The van der Waals surface area contributed by atoms with Crippen molar-refractivity contribution >= 4 is 11.3 Å². The Hall–Kier alpha value is -2.15. The molecule has 0 aliphatic carbocycles. The van der Waals surface area contributed by atoms with Crippen LogP contribution in [0.5, 0.6) is 0 Å². The molecule has 0 bridgehead atoms. The Balaban J connectivity index is 1.39. The number of pyridine rings is 1. The number of nitrogens with zero attached hydrogens (tertiary/aromatic N) is 4. The molecular weight excluding hydrogens is 344 g/mol. The third-order valence-electron chi connectivity index (χ3n) is 4.91. The molecule has 134 valence electrons. The molecule has 3 aromatic heterocycles. The van der Waals surface area contributed by atoms with Gasteiger partial charge in [0.2, 0.25) is 0 Å². The number of rotatable bonds is 4. The molecule has 0 aromatic carbocycles. The molecule has 5 nitrogen and oxygen atoms in total. The minimum absolute atomic E-state index is 0.258. The maximum atomic E-state index is 10.6. The van der Waals surface area contributed by atoms with Gasteiger partial charge in [0, 0.05) is 48.0 Å². The van der Waals surface area contributed by atoms with Gasteiger partial charge in [-0.15, -0.1) is 11.3 Å². The number of aliphatic hydroxyl groups excluding tert-OH is 1. The van der Waals surface area contributed by atoms with Crippen molar-refractivity contribution in [3.8, 4) is 11.5 Å². The topological polar surface area (TPSA) is 62.1 Å². The van der Waals surface area contributed by atoms with E-state index >= 15 is 0 Å². The minimum Gasteiger partial charge on any atom is -0.391 e. The van der Waals surface area contributed by atoms with Gasteiger partial charge in [0.25, 0.3) is 0 Å². The largest absolute Gasteiger partial charge is 0.391 e. The first-order valence-corrected chi connectivity index (χ1v) is 9.75. The summed E-state index contributed by atoms with van der Waals surface area (Å²) in [6, 6.07) is 7.85. The highest BCUT2D eigenvalue weighted by Crippen LogP contribution is 2.34. The molecule has 2 atom stereocenters. The monoisotopic (exact) mass is 366 g/mol. The molecule has 1 aliphatic heterocycles. The highest BCUT2D eigenvalue weighted by molar-refractivity contribution is 7.10. The molecule has 0 spiro atoms. The maximum absolute atomic E-state index is 10.6. The zero-order chi connectivity index (χ0) is 17.9. The van der Waals surface area contributed by atoms with Gasteiger partial charge in [-0.2, -0.15) is 0 Å². The van der Waals surface area contributed by atoms with Crippen LogP contribution in [0, 0.1) is 6.92 Å². The summed E-state index contributed by atoms with van der Waals surface area (Å²) in [7, 11) is 0. The van der Waals surface area contributed by atoms with E-state index in [0.717, 1.165) is 30.8 Å². The summed E-state index contributed by atoms with van der Waals surface area (Å²) in [6.07, 6.45) is 6.12. The van der Waals surface area contributed by atoms with E-state index in [2.05, 4.69) is 38.2 Å². The van der Waals surface area contributed by atoms with Crippen molar-refractivity contribution in [2.45, 2.75) is 31.9 Å². The minimum atomic E-state index is -0.324. The quantitative estimate of drug-likeness (QED) is 0.768. The van der Waals surface area contributed by atoms with E-state index in [1.54, 1.807) is 17.5 Å². The Kier molecular flexibility index (Phi) is 5.06. The standard InChI is InChI=1S/C20H22N4OS/c1-14-6-9-26-19(14)16-5-8-24(13-18(16)25)12-15-10-22-20(23-11-15)17-4-2-3-7-21-17/h2-4,6-7,9-11,16,18,25H,5,8,12-13H2,1H3/t16-,18-/m1/s1. The summed E-state index contributed by atoms with van der Waals surface area (Å²) in [6.45, 7) is 4.55. The number of aromatic nitrogens is 3. The zero-order valence-electron chi connectivity index (χ0n) is 14.7. The van der Waals surface area contributed by atoms with Crippen LogP contribution in [0.25, 0.3) is 11.5 Å². The first-order valence-electron chi connectivity index (χ1n) is 8.87. The summed E-state index contributed by atoms with van der Waals surface area (Å²) < 4.78 is 0. The fourth-order valence-electron chi connectivity index (χ4n) is 3.53. The van der Waals surface area contributed by atoms with E-state index in [0.29, 0.717) is 12.4 Å². The third-order valence-corrected chi connectivity index (χ3v) is 6.06. The number of aliphatic hydroxyl groups is 1. The first kappa shape index (κ1) is 17.3. The van der Waals surface area contributed by atoms with Crippen molar-refractivity contribution in [2.75, 3.05) is 13.1 Å². The van der Waals surface area contributed by atoms with Crippen LogP contribution in [0.15, 0.2) is 48.2 Å². The van der Waals surface area contributed by atoms with Gasteiger partial charge in [-0.05, 0) is 49.0 Å². The number of thiophene rings is 1. The smallest absolute Gasteiger partial charge is 0.178 e. The first-order chi connectivity index (χ1) is 12.7. The van der Waals surface area contributed by atoms with Gasteiger partial charge in [0.1, 0.15) is 5.69 Å². The molecule has 1 saturated heterocycles. The van der Waals surface area contributed by atoms with Gasteiger partial charge in [-0.3, -0.25) is 9.88 Å². The molecule has 26 heavy (non-hydrogen) atoms. The summed E-state index contributed by atoms with van der Waals surface area (Å²) in [5.74, 6) is 0.898. The lowest BCUT2D eigenvalue weighted by atomic mass is 9.90. The fraction of sp³-hybridized carbons (Fsp3) is 0.350. The average Bonchev–Trinajstić information content (AvgIpc) is 3.09. The van der Waals surface area contributed by atoms with Crippen LogP contribution < -0.4 is 0 Å². The molecule has 4 heterocycles. The predicted molar refractivity (Wildman–Crippen MR) is 103 cm³/mol. The fourth-order valence-corrected chi connectivity index (χ4v) is 4.66. The second-order valence-corrected chi connectivity index (χ2v) is 7.74. The van der Waals surface area contributed by atoms with Crippen molar-refractivity contribution in [3.05, 3.63) is 64.2 Å². The molecule has 1 fully saturated rings. The summed E-state index contributed by atoms with van der Waals surface area (Å²) in [5.41, 5.74) is 3.13. The van der Waals surface area contributed by atoms with Crippen LogP contribution in [0.1, 0.15) is 28.3 Å². The Morgan fingerprint density at radius 2 is 2.04 bits per heavy atom. The van der Waals surface area contributed by atoms with E-state index in [9.17, 15) is 5.11 Å². The number of hydrogen-bond acceptors (Lipinski definition) is 6. The van der Waals surface area contributed by atoms with Gasteiger partial charge in [-0.25, -0.2) is 9.97 Å². The number of likely N-dealkylation sites (tertiary alicyclic amines) is 1. The van der Waals surface area contributed by atoms with Crippen molar-refractivity contribution in [1.29, 1.82) is 0 Å². The molecular formula is C20H22N4OS. The Labute approximate surface area is 157 Å². The van der Waals surface area contributed by atoms with Crippen molar-refractivity contribution in [3.63, 3.8) is 0 Å². The lowest BCUT2D eigenvalue weighted by molar-refractivity contribution is 0.0484. The highest BCUT2D eigenvalue weighted by Gasteiger charge is 2.30. The van der Waals surface area contributed by atoms with Gasteiger partial charge < -0.3 is 5.11 Å². The third kappa shape index (κ3) is 3.67. The number of β-amino-alcohol motifs (C(OH)–C–C–N with tert-alkyl or cyclic N) is 1. The van der Waals surface area contributed by atoms with E-state index < -0.39 is 0 Å². The molecule has 3 aromatic rings. The van der Waals surface area contributed by atoms with Gasteiger partial charge in [0.15, 0.2) is 5.82 Å². The molecule has 0 amide bonds. The zero-order valence-corrected chi connectivity index (χ0v) is 15.6. The highest BCUT2D eigenvalue weighted by atomic mass is 32.1. The van der Waals surface area contributed by atoms with Gasteiger partial charge >= 0.3 is 0 Å². The van der Waals surface area contributed by atoms with Crippen molar-refractivity contribution in [1.82, 2.24) is 19.9 Å². The van der Waals surface area contributed by atoms with Crippen LogP contribution in [0.2, 0.25) is 0 Å². The van der Waals surface area contributed by atoms with Crippen molar-refractivity contribution in [2.24, 2.45) is 0 Å². The lowest BCUT2D eigenvalue weighted by Gasteiger charge is -2.35. The Morgan fingerprint density at radius 1 is 1.19 bits per heavy atom. The summed E-state index contributed by atoms with van der Waals surface area (Å²) in [5, 5.41) is 12.7. The van der Waals surface area contributed by atoms with Gasteiger partial charge in [0.05, 0.1) is 6.10 Å². The van der Waals surface area contributed by atoms with Crippen LogP contribution in [0.4, 0.5) is 0 Å². The van der Waals surface area contributed by atoms with E-state index in [-0.39, 0.29) is 12.0 Å². The molecule has 1 N–H and O–H groups in total. The lowest BCUT2D eigenvalue weighted by Crippen LogP contribution is -2.42. The van der Waals surface area contributed by atoms with Crippen LogP contribution >= 0.6 is 11.3 Å². The molecule has 6 heteroatoms. The molecule has 0 radical (unpaired) electrons. The van der Waals surface area contributed by atoms with Gasteiger partial charge in [-0.1, -0.05) is 6.07 Å². The summed E-state index contributed by atoms with van der Waals surface area (Å²) in [4.78, 5) is 16.8. The van der Waals surface area contributed by atoms with E-state index in [1.807, 2.05) is 30.6 Å². The Bertz CT molecular complexity index is 850. The van der Waals surface area contributed by atoms with Crippen LogP contribution in [-0.2, 0) is 6.54 Å². The maximum Gasteiger partial charge on any atom is 0.178 e. The van der Waals surface area contributed by atoms with E-state index in [4.69, 9.17) is 0 Å². The average molecular weight is 366 g/mol. The predicted octanol–water partition coefficient (Wildman–Crippen LogP) is 3.26. The molecule has 4 rings (SSSR count). The molecule has 0 saturated carbocycles.